The van der Waals surface area contributed by atoms with Crippen molar-refractivity contribution < 1.29 is 19.5 Å². The van der Waals surface area contributed by atoms with Crippen LogP contribution in [0.25, 0.3) is 0 Å². The van der Waals surface area contributed by atoms with Gasteiger partial charge in [-0.3, -0.25) is 24.6 Å². The third kappa shape index (κ3) is 2.77. The SMILES string of the molecule is Cc1cc(C)c2c(c1)[C@@]1(N[C@H]([C@H](C)O)[C@H]3C(=O)N(CCc4ccccc4)C(=O)[C@H]31)C(=O)N2. The number of benzene rings is 2. The van der Waals surface area contributed by atoms with E-state index in [2.05, 4.69) is 10.6 Å². The number of imide groups is 1. The molecule has 1 spiro atoms. The van der Waals surface area contributed by atoms with Crippen molar-refractivity contribution >= 4 is 23.4 Å². The van der Waals surface area contributed by atoms with Crippen molar-refractivity contribution in [1.29, 1.82) is 0 Å². The van der Waals surface area contributed by atoms with Gasteiger partial charge in [-0.05, 0) is 38.3 Å². The number of aliphatic hydroxyl groups is 1. The smallest absolute Gasteiger partial charge is 0.250 e. The van der Waals surface area contributed by atoms with Crippen LogP contribution in [0.3, 0.4) is 0 Å². The Morgan fingerprint density at radius 2 is 1.81 bits per heavy atom. The fourth-order valence-electron chi connectivity index (χ4n) is 5.77. The Hall–Kier alpha value is -3.03. The Balaban J connectivity index is 1.58. The summed E-state index contributed by atoms with van der Waals surface area (Å²) in [7, 11) is 0. The van der Waals surface area contributed by atoms with Crippen LogP contribution < -0.4 is 10.6 Å². The Bertz CT molecular complexity index is 1130. The molecule has 2 aromatic carbocycles. The highest BCUT2D eigenvalue weighted by Crippen LogP contribution is 2.54. The molecule has 5 atom stereocenters. The standard InChI is InChI=1S/C25H27N3O4/c1-13-11-14(2)20-17(12-13)25(24(32)26-20)19-18(21(27-25)15(3)29)22(30)28(23(19)31)10-9-16-7-5-4-6-8-16/h4-8,11-12,15,18-19,21,27,29H,9-10H2,1-3H3,(H,26,32)/t15-,18-,19-,21+,25-/m0/s1. The third-order valence-corrected chi connectivity index (χ3v) is 7.18. The number of likely N-dealkylation sites (tertiary alicyclic amines) is 1. The predicted molar refractivity (Wildman–Crippen MR) is 119 cm³/mol. The molecule has 2 fully saturated rings. The van der Waals surface area contributed by atoms with E-state index in [1.807, 2.05) is 56.3 Å². The molecule has 3 amide bonds. The molecule has 3 N–H and O–H groups in total. The van der Waals surface area contributed by atoms with Crippen LogP contribution in [0.1, 0.15) is 29.2 Å². The van der Waals surface area contributed by atoms with E-state index in [1.54, 1.807) is 6.92 Å². The van der Waals surface area contributed by atoms with E-state index >= 15 is 0 Å². The lowest BCUT2D eigenvalue weighted by molar-refractivity contribution is -0.143. The first kappa shape index (κ1) is 20.8. The molecule has 3 aliphatic heterocycles. The van der Waals surface area contributed by atoms with Gasteiger partial charge in [-0.15, -0.1) is 0 Å². The van der Waals surface area contributed by atoms with Gasteiger partial charge in [-0.25, -0.2) is 0 Å². The van der Waals surface area contributed by atoms with Crippen molar-refractivity contribution in [3.8, 4) is 0 Å². The summed E-state index contributed by atoms with van der Waals surface area (Å²) in [4.78, 5) is 41.8. The van der Waals surface area contributed by atoms with Crippen molar-refractivity contribution in [3.05, 3.63) is 64.7 Å². The van der Waals surface area contributed by atoms with E-state index < -0.39 is 29.5 Å². The second-order valence-corrected chi connectivity index (χ2v) is 9.24. The Kier molecular flexibility index (Phi) is 4.72. The van der Waals surface area contributed by atoms with E-state index in [4.69, 9.17) is 0 Å². The number of fused-ring (bicyclic) bond motifs is 4. The molecule has 0 saturated carbocycles. The molecule has 7 heteroatoms. The van der Waals surface area contributed by atoms with Gasteiger partial charge in [0.25, 0.3) is 0 Å². The van der Waals surface area contributed by atoms with Gasteiger partial charge >= 0.3 is 0 Å². The maximum absolute atomic E-state index is 13.7. The summed E-state index contributed by atoms with van der Waals surface area (Å²) in [6.07, 6.45) is -0.367. The molecule has 7 nitrogen and oxygen atoms in total. The monoisotopic (exact) mass is 433 g/mol. The Labute approximate surface area is 186 Å². The number of hydrogen-bond donors (Lipinski definition) is 3. The molecule has 0 unspecified atom stereocenters. The molecule has 2 aromatic rings. The number of carbonyl (C=O) groups excluding carboxylic acids is 3. The molecule has 0 aliphatic carbocycles. The zero-order chi connectivity index (χ0) is 22.8. The van der Waals surface area contributed by atoms with E-state index in [0.717, 1.165) is 16.7 Å². The summed E-state index contributed by atoms with van der Waals surface area (Å²) < 4.78 is 0. The highest BCUT2D eigenvalue weighted by atomic mass is 16.3. The lowest BCUT2D eigenvalue weighted by atomic mass is 9.75. The van der Waals surface area contributed by atoms with E-state index in [1.165, 1.54) is 4.90 Å². The second kappa shape index (κ2) is 7.25. The molecular weight excluding hydrogens is 406 g/mol. The molecule has 0 radical (unpaired) electrons. The minimum absolute atomic E-state index is 0.249. The van der Waals surface area contributed by atoms with Crippen LogP contribution in [0.4, 0.5) is 5.69 Å². The molecule has 3 aliphatic rings. The third-order valence-electron chi connectivity index (χ3n) is 7.18. The summed E-state index contributed by atoms with van der Waals surface area (Å²) in [6.45, 7) is 5.69. The maximum Gasteiger partial charge on any atom is 0.250 e. The maximum atomic E-state index is 13.7. The summed E-state index contributed by atoms with van der Waals surface area (Å²) in [5.74, 6) is -2.71. The average molecular weight is 434 g/mol. The molecule has 3 heterocycles. The molecule has 0 bridgehead atoms. The number of aliphatic hydroxyl groups excluding tert-OH is 1. The lowest BCUT2D eigenvalue weighted by Crippen LogP contribution is -2.55. The number of carbonyl (C=O) groups is 3. The average Bonchev–Trinajstić information content (AvgIpc) is 3.34. The van der Waals surface area contributed by atoms with E-state index in [-0.39, 0.29) is 24.3 Å². The summed E-state index contributed by atoms with van der Waals surface area (Å²) in [5, 5.41) is 16.7. The van der Waals surface area contributed by atoms with E-state index in [0.29, 0.717) is 17.7 Å². The first-order valence-corrected chi connectivity index (χ1v) is 11.0. The highest BCUT2D eigenvalue weighted by molar-refractivity contribution is 6.15. The first-order chi connectivity index (χ1) is 15.3. The zero-order valence-corrected chi connectivity index (χ0v) is 18.4. The van der Waals surface area contributed by atoms with Crippen LogP contribution in [0.5, 0.6) is 0 Å². The van der Waals surface area contributed by atoms with Crippen LogP contribution in [0.15, 0.2) is 42.5 Å². The van der Waals surface area contributed by atoms with Crippen molar-refractivity contribution in [1.82, 2.24) is 10.2 Å². The van der Waals surface area contributed by atoms with Gasteiger partial charge in [-0.1, -0.05) is 48.0 Å². The summed E-state index contributed by atoms with van der Waals surface area (Å²) in [6, 6.07) is 12.9. The summed E-state index contributed by atoms with van der Waals surface area (Å²) in [5.41, 5.74) is 2.90. The number of aryl methyl sites for hydroxylation is 2. The normalized spacial score (nSPS) is 29.4. The molecule has 2 saturated heterocycles. The Morgan fingerprint density at radius 1 is 1.09 bits per heavy atom. The molecule has 166 valence electrons. The van der Waals surface area contributed by atoms with Gasteiger partial charge in [0, 0.05) is 23.8 Å². The summed E-state index contributed by atoms with van der Waals surface area (Å²) >= 11 is 0. The number of nitrogens with zero attached hydrogens (tertiary/aromatic N) is 1. The number of rotatable bonds is 4. The number of amides is 3. The topological polar surface area (TPSA) is 98.7 Å². The van der Waals surface area contributed by atoms with Crippen molar-refractivity contribution in [2.24, 2.45) is 11.8 Å². The van der Waals surface area contributed by atoms with Crippen LogP contribution in [0, 0.1) is 25.7 Å². The first-order valence-electron chi connectivity index (χ1n) is 11.0. The largest absolute Gasteiger partial charge is 0.392 e. The second-order valence-electron chi connectivity index (χ2n) is 9.24. The van der Waals surface area contributed by atoms with Crippen molar-refractivity contribution in [3.63, 3.8) is 0 Å². The van der Waals surface area contributed by atoms with Crippen LogP contribution >= 0.6 is 0 Å². The van der Waals surface area contributed by atoms with Gasteiger partial charge in [-0.2, -0.15) is 0 Å². The van der Waals surface area contributed by atoms with Gasteiger partial charge in [0.2, 0.25) is 17.7 Å². The van der Waals surface area contributed by atoms with Crippen LogP contribution in [-0.4, -0.2) is 46.4 Å². The Morgan fingerprint density at radius 3 is 2.50 bits per heavy atom. The highest BCUT2D eigenvalue weighted by Gasteiger charge is 2.71. The predicted octanol–water partition coefficient (Wildman–Crippen LogP) is 1.65. The minimum atomic E-state index is -1.37. The number of nitrogens with one attached hydrogen (secondary N) is 2. The van der Waals surface area contributed by atoms with Gasteiger partial charge in [0.05, 0.1) is 17.9 Å². The number of anilines is 1. The quantitative estimate of drug-likeness (QED) is 0.637. The minimum Gasteiger partial charge on any atom is -0.392 e. The van der Waals surface area contributed by atoms with E-state index in [9.17, 15) is 19.5 Å². The van der Waals surface area contributed by atoms with Crippen LogP contribution in [-0.2, 0) is 26.3 Å². The van der Waals surface area contributed by atoms with Crippen molar-refractivity contribution in [2.75, 3.05) is 11.9 Å². The van der Waals surface area contributed by atoms with Crippen LogP contribution in [0.2, 0.25) is 0 Å². The lowest BCUT2D eigenvalue weighted by Gasteiger charge is -2.30. The van der Waals surface area contributed by atoms with Gasteiger partial charge in [0.15, 0.2) is 0 Å². The molecule has 32 heavy (non-hydrogen) atoms. The molecule has 0 aromatic heterocycles. The number of hydrogen-bond acceptors (Lipinski definition) is 5. The fraction of sp³-hybridized carbons (Fsp3) is 0.400. The molecular formula is C25H27N3O4. The van der Waals surface area contributed by atoms with Crippen molar-refractivity contribution in [2.45, 2.75) is 44.9 Å². The zero-order valence-electron chi connectivity index (χ0n) is 18.4. The fourth-order valence-corrected chi connectivity index (χ4v) is 5.77. The van der Waals surface area contributed by atoms with Gasteiger partial charge in [0.1, 0.15) is 5.54 Å². The molecule has 5 rings (SSSR count). The van der Waals surface area contributed by atoms with Gasteiger partial charge < -0.3 is 10.4 Å².